The molecule has 16 heavy (non-hydrogen) atoms. The van der Waals surface area contributed by atoms with Crippen LogP contribution in [0.25, 0.3) is 0 Å². The van der Waals surface area contributed by atoms with Crippen molar-refractivity contribution >= 4 is 19.4 Å². The predicted molar refractivity (Wildman–Crippen MR) is 69.3 cm³/mol. The highest BCUT2D eigenvalue weighted by molar-refractivity contribution is 7.98. The molecule has 0 aliphatic rings. The number of benzene rings is 1. The molecule has 0 unspecified atom stereocenters. The first kappa shape index (κ1) is 13.6. The quantitative estimate of drug-likeness (QED) is 0.629. The summed E-state index contributed by atoms with van der Waals surface area (Å²) in [5, 5.41) is 5.28. The van der Waals surface area contributed by atoms with Crippen LogP contribution >= 0.6 is 19.4 Å². The Morgan fingerprint density at radius 3 is 2.38 bits per heavy atom. The molecular formula is C10H17N2O2PS. The average Bonchev–Trinajstić information content (AvgIpc) is 2.29. The van der Waals surface area contributed by atoms with Crippen LogP contribution in [0.15, 0.2) is 23.1 Å². The molecule has 1 aromatic rings. The fourth-order valence-electron chi connectivity index (χ4n) is 1.26. The van der Waals surface area contributed by atoms with Crippen LogP contribution in [0.2, 0.25) is 0 Å². The third-order valence-electron chi connectivity index (χ3n) is 2.19. The van der Waals surface area contributed by atoms with Crippen molar-refractivity contribution in [3.05, 3.63) is 23.8 Å². The van der Waals surface area contributed by atoms with E-state index in [9.17, 15) is 4.57 Å². The van der Waals surface area contributed by atoms with Gasteiger partial charge in [0.1, 0.15) is 5.75 Å². The van der Waals surface area contributed by atoms with Gasteiger partial charge in [0.05, 0.1) is 0 Å². The number of thioether (sulfide) groups is 1. The van der Waals surface area contributed by atoms with E-state index in [2.05, 4.69) is 10.2 Å². The maximum absolute atomic E-state index is 11.9. The van der Waals surface area contributed by atoms with Crippen LogP contribution in [-0.4, -0.2) is 20.4 Å². The summed E-state index contributed by atoms with van der Waals surface area (Å²) in [6, 6.07) is 5.66. The van der Waals surface area contributed by atoms with Crippen LogP contribution in [0, 0.1) is 6.92 Å². The third-order valence-corrected chi connectivity index (χ3v) is 4.73. The molecule has 0 bridgehead atoms. The minimum absolute atomic E-state index is 0.599. The number of hydrogen-bond donors (Lipinski definition) is 2. The van der Waals surface area contributed by atoms with Crippen LogP contribution in [0.4, 0.5) is 0 Å². The average molecular weight is 260 g/mol. The van der Waals surface area contributed by atoms with Crippen molar-refractivity contribution < 1.29 is 9.09 Å². The molecule has 4 nitrogen and oxygen atoms in total. The van der Waals surface area contributed by atoms with E-state index in [1.165, 1.54) is 4.90 Å². The van der Waals surface area contributed by atoms with Gasteiger partial charge in [0.25, 0.3) is 0 Å². The predicted octanol–water partition coefficient (Wildman–Crippen LogP) is 2.64. The second kappa shape index (κ2) is 5.73. The summed E-state index contributed by atoms with van der Waals surface area (Å²) in [7, 11) is 0.242. The molecule has 0 saturated carbocycles. The molecule has 0 aliphatic heterocycles. The minimum Gasteiger partial charge on any atom is -0.422 e. The highest BCUT2D eigenvalue weighted by Gasteiger charge is 2.19. The summed E-state index contributed by atoms with van der Waals surface area (Å²) >= 11 is 1.68. The van der Waals surface area contributed by atoms with Gasteiger partial charge in [-0.25, -0.2) is 14.7 Å². The van der Waals surface area contributed by atoms with Crippen LogP contribution in [-0.2, 0) is 4.57 Å². The molecule has 0 atom stereocenters. The Morgan fingerprint density at radius 2 is 1.94 bits per heavy atom. The van der Waals surface area contributed by atoms with E-state index in [1.807, 2.05) is 31.4 Å². The van der Waals surface area contributed by atoms with Gasteiger partial charge in [0, 0.05) is 4.90 Å². The molecule has 2 N–H and O–H groups in total. The molecule has 0 aromatic heterocycles. The van der Waals surface area contributed by atoms with E-state index < -0.39 is 7.67 Å². The zero-order valence-corrected chi connectivity index (χ0v) is 11.6. The smallest absolute Gasteiger partial charge is 0.389 e. The lowest BCUT2D eigenvalue weighted by Gasteiger charge is -2.17. The van der Waals surface area contributed by atoms with E-state index >= 15 is 0 Å². The molecule has 0 radical (unpaired) electrons. The first-order valence-electron chi connectivity index (χ1n) is 4.87. The van der Waals surface area contributed by atoms with Crippen molar-refractivity contribution in [2.24, 2.45) is 0 Å². The van der Waals surface area contributed by atoms with Gasteiger partial charge in [-0.3, -0.25) is 0 Å². The van der Waals surface area contributed by atoms with Crippen molar-refractivity contribution in [2.45, 2.75) is 11.8 Å². The third kappa shape index (κ3) is 3.25. The van der Waals surface area contributed by atoms with Crippen LogP contribution in [0.3, 0.4) is 0 Å². The largest absolute Gasteiger partial charge is 0.422 e. The SMILES string of the molecule is CNP(=O)(NC)Oc1ccc(SC)c(C)c1. The molecule has 1 aromatic carbocycles. The lowest BCUT2D eigenvalue weighted by molar-refractivity contribution is 0.462. The van der Waals surface area contributed by atoms with E-state index in [0.717, 1.165) is 5.56 Å². The number of aryl methyl sites for hydroxylation is 1. The number of hydrogen-bond acceptors (Lipinski definition) is 3. The highest BCUT2D eigenvalue weighted by Crippen LogP contribution is 2.38. The van der Waals surface area contributed by atoms with Crippen LogP contribution in [0.5, 0.6) is 5.75 Å². The van der Waals surface area contributed by atoms with Crippen molar-refractivity contribution in [1.82, 2.24) is 10.2 Å². The summed E-state index contributed by atoms with van der Waals surface area (Å²) in [6.07, 6.45) is 2.02. The Kier molecular flexibility index (Phi) is 4.87. The van der Waals surface area contributed by atoms with Crippen LogP contribution in [0.1, 0.15) is 5.56 Å². The summed E-state index contributed by atoms with van der Waals surface area (Å²) in [5.74, 6) is 0.599. The first-order valence-corrected chi connectivity index (χ1v) is 7.72. The molecule has 0 heterocycles. The minimum atomic E-state index is -2.95. The second-order valence-corrected chi connectivity index (χ2v) is 6.25. The lowest BCUT2D eigenvalue weighted by Crippen LogP contribution is -2.19. The van der Waals surface area contributed by atoms with Gasteiger partial charge in [-0.1, -0.05) is 0 Å². The fraction of sp³-hybridized carbons (Fsp3) is 0.400. The Labute approximate surface area is 101 Å². The molecule has 0 amide bonds. The summed E-state index contributed by atoms with van der Waals surface area (Å²) < 4.78 is 17.3. The Balaban J connectivity index is 2.91. The van der Waals surface area contributed by atoms with Crippen molar-refractivity contribution in [2.75, 3.05) is 20.4 Å². The normalized spacial score (nSPS) is 11.5. The summed E-state index contributed by atoms with van der Waals surface area (Å²) in [6.45, 7) is 2.00. The number of nitrogens with one attached hydrogen (secondary N) is 2. The molecular weight excluding hydrogens is 243 g/mol. The summed E-state index contributed by atoms with van der Waals surface area (Å²) in [4.78, 5) is 1.19. The van der Waals surface area contributed by atoms with Gasteiger partial charge in [-0.05, 0) is 51.0 Å². The van der Waals surface area contributed by atoms with Gasteiger partial charge >= 0.3 is 7.67 Å². The summed E-state index contributed by atoms with van der Waals surface area (Å²) in [5.41, 5.74) is 1.11. The molecule has 0 fully saturated rings. The maximum Gasteiger partial charge on any atom is 0.389 e. The molecule has 90 valence electrons. The second-order valence-electron chi connectivity index (χ2n) is 3.22. The van der Waals surface area contributed by atoms with Crippen molar-refractivity contribution in [3.63, 3.8) is 0 Å². The van der Waals surface area contributed by atoms with Crippen molar-refractivity contribution in [3.8, 4) is 5.75 Å². The van der Waals surface area contributed by atoms with Gasteiger partial charge < -0.3 is 4.52 Å². The standard InChI is InChI=1S/C10H17N2O2PS/c1-8-7-9(5-6-10(8)16-4)14-15(13,11-2)12-3/h5-7H,1-4H3,(H2,11,12,13). The zero-order valence-electron chi connectivity index (χ0n) is 9.90. The van der Waals surface area contributed by atoms with Gasteiger partial charge in [0.2, 0.25) is 0 Å². The highest BCUT2D eigenvalue weighted by atomic mass is 32.2. The Morgan fingerprint density at radius 1 is 1.31 bits per heavy atom. The Hall–Kier alpha value is -0.480. The van der Waals surface area contributed by atoms with Crippen molar-refractivity contribution in [1.29, 1.82) is 0 Å². The molecule has 1 rings (SSSR count). The van der Waals surface area contributed by atoms with E-state index in [1.54, 1.807) is 25.9 Å². The maximum atomic E-state index is 11.9. The van der Waals surface area contributed by atoms with Gasteiger partial charge in [-0.15, -0.1) is 11.8 Å². The molecule has 0 saturated heterocycles. The van der Waals surface area contributed by atoms with Crippen LogP contribution < -0.4 is 14.7 Å². The monoisotopic (exact) mass is 260 g/mol. The van der Waals surface area contributed by atoms with Gasteiger partial charge in [0.15, 0.2) is 0 Å². The number of rotatable bonds is 5. The fourth-order valence-corrected chi connectivity index (χ4v) is 2.66. The topological polar surface area (TPSA) is 50.4 Å². The molecule has 6 heteroatoms. The van der Waals surface area contributed by atoms with E-state index in [4.69, 9.17) is 4.52 Å². The van der Waals surface area contributed by atoms with Gasteiger partial charge in [-0.2, -0.15) is 0 Å². The molecule has 0 spiro atoms. The zero-order chi connectivity index (χ0) is 12.2. The first-order chi connectivity index (χ1) is 7.54. The molecule has 0 aliphatic carbocycles. The van der Waals surface area contributed by atoms with E-state index in [-0.39, 0.29) is 0 Å². The van der Waals surface area contributed by atoms with E-state index in [0.29, 0.717) is 5.75 Å². The lowest BCUT2D eigenvalue weighted by atomic mass is 10.2. The Bertz CT molecular complexity index is 404.